The fourth-order valence-corrected chi connectivity index (χ4v) is 1.68. The minimum absolute atomic E-state index is 0. The van der Waals surface area contributed by atoms with Crippen LogP contribution in [0.25, 0.3) is 0 Å². The lowest BCUT2D eigenvalue weighted by Gasteiger charge is -2.13. The lowest BCUT2D eigenvalue weighted by molar-refractivity contribution is 0.399. The zero-order chi connectivity index (χ0) is 13.9. The van der Waals surface area contributed by atoms with Crippen LogP contribution in [0.2, 0.25) is 0 Å². The van der Waals surface area contributed by atoms with Crippen LogP contribution in [0, 0.1) is 0 Å². The molecule has 0 radical (unpaired) electrons. The van der Waals surface area contributed by atoms with Gasteiger partial charge in [-0.05, 0) is 39.2 Å². The van der Waals surface area contributed by atoms with Crippen LogP contribution in [0.5, 0.6) is 0 Å². The maximum absolute atomic E-state index is 4.29. The second-order valence-corrected chi connectivity index (χ2v) is 4.65. The summed E-state index contributed by atoms with van der Waals surface area (Å²) in [5, 5.41) is 6.59. The molecule has 0 saturated carbocycles. The number of hydrogen-bond acceptors (Lipinski definition) is 3. The van der Waals surface area contributed by atoms with Crippen molar-refractivity contribution in [3.05, 3.63) is 30.1 Å². The quantitative estimate of drug-likeness (QED) is 0.319. The smallest absolute Gasteiger partial charge is 0.190 e. The molecule has 1 aromatic heterocycles. The third-order valence-electron chi connectivity index (χ3n) is 2.70. The van der Waals surface area contributed by atoms with E-state index < -0.39 is 0 Å². The zero-order valence-electron chi connectivity index (χ0n) is 12.6. The molecule has 0 amide bonds. The zero-order valence-corrected chi connectivity index (χ0v) is 14.9. The molecule has 1 rings (SSSR count). The third kappa shape index (κ3) is 9.08. The Balaban J connectivity index is 0.00000361. The van der Waals surface area contributed by atoms with E-state index in [0.717, 1.165) is 44.1 Å². The summed E-state index contributed by atoms with van der Waals surface area (Å²) in [5.41, 5.74) is 1.10. The van der Waals surface area contributed by atoms with E-state index >= 15 is 0 Å². The molecule has 6 heteroatoms. The van der Waals surface area contributed by atoms with Gasteiger partial charge < -0.3 is 15.5 Å². The van der Waals surface area contributed by atoms with Crippen LogP contribution >= 0.6 is 24.0 Å². The molecular weight excluding hydrogens is 365 g/mol. The number of hydrogen-bond donors (Lipinski definition) is 2. The van der Waals surface area contributed by atoms with Gasteiger partial charge in [0.25, 0.3) is 0 Å². The Morgan fingerprint density at radius 1 is 1.25 bits per heavy atom. The molecule has 2 N–H and O–H groups in total. The lowest BCUT2D eigenvalue weighted by Crippen LogP contribution is -2.39. The fourth-order valence-electron chi connectivity index (χ4n) is 1.68. The molecule has 20 heavy (non-hydrogen) atoms. The van der Waals surface area contributed by atoms with Gasteiger partial charge in [-0.3, -0.25) is 9.98 Å². The molecule has 0 saturated heterocycles. The highest BCUT2D eigenvalue weighted by Gasteiger charge is 1.98. The summed E-state index contributed by atoms with van der Waals surface area (Å²) < 4.78 is 0. The average Bonchev–Trinajstić information content (AvgIpc) is 2.42. The van der Waals surface area contributed by atoms with E-state index in [1.807, 2.05) is 24.4 Å². The Kier molecular flexibility index (Phi) is 11.4. The molecule has 1 heterocycles. The number of aliphatic imine (C=N–C) groups is 1. The van der Waals surface area contributed by atoms with Crippen LogP contribution in [0.3, 0.4) is 0 Å². The van der Waals surface area contributed by atoms with E-state index in [9.17, 15) is 0 Å². The second kappa shape index (κ2) is 11.9. The van der Waals surface area contributed by atoms with Crippen molar-refractivity contribution in [3.63, 3.8) is 0 Å². The molecule has 1 aromatic rings. The van der Waals surface area contributed by atoms with E-state index in [-0.39, 0.29) is 24.0 Å². The molecule has 114 valence electrons. The number of nitrogens with zero attached hydrogens (tertiary/aromatic N) is 3. The van der Waals surface area contributed by atoms with Gasteiger partial charge in [0.05, 0.1) is 0 Å². The predicted molar refractivity (Wildman–Crippen MR) is 95.9 cm³/mol. The maximum atomic E-state index is 4.29. The van der Waals surface area contributed by atoms with E-state index in [2.05, 4.69) is 39.6 Å². The first-order chi connectivity index (χ1) is 9.22. The van der Waals surface area contributed by atoms with Gasteiger partial charge >= 0.3 is 0 Å². The molecule has 0 atom stereocenters. The van der Waals surface area contributed by atoms with Crippen molar-refractivity contribution < 1.29 is 0 Å². The Labute approximate surface area is 139 Å². The van der Waals surface area contributed by atoms with Crippen molar-refractivity contribution in [2.45, 2.75) is 12.8 Å². The van der Waals surface area contributed by atoms with Crippen LogP contribution in [0.1, 0.15) is 12.1 Å². The van der Waals surface area contributed by atoms with Crippen molar-refractivity contribution in [3.8, 4) is 0 Å². The van der Waals surface area contributed by atoms with Crippen LogP contribution in [0.4, 0.5) is 0 Å². The number of guanidine groups is 1. The van der Waals surface area contributed by atoms with E-state index in [1.54, 1.807) is 7.05 Å². The van der Waals surface area contributed by atoms with Crippen molar-refractivity contribution in [2.24, 2.45) is 4.99 Å². The molecule has 0 aliphatic carbocycles. The van der Waals surface area contributed by atoms with Crippen LogP contribution < -0.4 is 10.6 Å². The molecule has 0 spiro atoms. The topological polar surface area (TPSA) is 52.6 Å². The maximum Gasteiger partial charge on any atom is 0.190 e. The Morgan fingerprint density at radius 2 is 2.00 bits per heavy atom. The summed E-state index contributed by atoms with van der Waals surface area (Å²) in [6.45, 7) is 2.85. The number of pyridine rings is 1. The van der Waals surface area contributed by atoms with E-state index in [4.69, 9.17) is 0 Å². The lowest BCUT2D eigenvalue weighted by atomic mass is 10.3. The number of rotatable bonds is 7. The SMILES string of the molecule is CN=C(NCCCN(C)C)NCCc1ccccn1.I. The molecule has 5 nitrogen and oxygen atoms in total. The normalized spacial score (nSPS) is 11.1. The molecule has 0 bridgehead atoms. The van der Waals surface area contributed by atoms with Gasteiger partial charge in [0.1, 0.15) is 0 Å². The molecule has 0 aliphatic heterocycles. The summed E-state index contributed by atoms with van der Waals surface area (Å²) >= 11 is 0. The minimum atomic E-state index is 0. The number of aromatic nitrogens is 1. The van der Waals surface area contributed by atoms with Gasteiger partial charge in [-0.25, -0.2) is 0 Å². The highest BCUT2D eigenvalue weighted by molar-refractivity contribution is 14.0. The molecule has 0 unspecified atom stereocenters. The number of nitrogens with one attached hydrogen (secondary N) is 2. The van der Waals surface area contributed by atoms with Crippen LogP contribution in [-0.4, -0.2) is 56.6 Å². The molecular formula is C14H26IN5. The van der Waals surface area contributed by atoms with Crippen molar-refractivity contribution in [1.29, 1.82) is 0 Å². The Morgan fingerprint density at radius 3 is 2.60 bits per heavy atom. The van der Waals surface area contributed by atoms with E-state index in [1.165, 1.54) is 0 Å². The molecule has 0 aromatic carbocycles. The summed E-state index contributed by atoms with van der Waals surface area (Å²) in [7, 11) is 5.96. The first-order valence-corrected chi connectivity index (χ1v) is 6.71. The predicted octanol–water partition coefficient (Wildman–Crippen LogP) is 1.36. The summed E-state index contributed by atoms with van der Waals surface area (Å²) in [6, 6.07) is 5.98. The Bertz CT molecular complexity index is 367. The van der Waals surface area contributed by atoms with Crippen LogP contribution in [0.15, 0.2) is 29.4 Å². The second-order valence-electron chi connectivity index (χ2n) is 4.65. The highest BCUT2D eigenvalue weighted by atomic mass is 127. The van der Waals surface area contributed by atoms with Gasteiger partial charge in [-0.1, -0.05) is 6.07 Å². The van der Waals surface area contributed by atoms with Crippen molar-refractivity contribution in [1.82, 2.24) is 20.5 Å². The standard InChI is InChI=1S/C14H25N5.HI/c1-15-14(17-10-6-12-19(2)3)18-11-8-13-7-4-5-9-16-13;/h4-5,7,9H,6,8,10-12H2,1-3H3,(H2,15,17,18);1H. The summed E-state index contributed by atoms with van der Waals surface area (Å²) in [5.74, 6) is 0.856. The fraction of sp³-hybridized carbons (Fsp3) is 0.571. The average molecular weight is 391 g/mol. The Hall–Kier alpha value is -0.890. The largest absolute Gasteiger partial charge is 0.356 e. The van der Waals surface area contributed by atoms with Gasteiger partial charge in [-0.15, -0.1) is 24.0 Å². The van der Waals surface area contributed by atoms with Crippen LogP contribution in [-0.2, 0) is 6.42 Å². The van der Waals surface area contributed by atoms with E-state index in [0.29, 0.717) is 0 Å². The summed E-state index contributed by atoms with van der Waals surface area (Å²) in [6.07, 6.45) is 3.83. The van der Waals surface area contributed by atoms with Crippen molar-refractivity contribution in [2.75, 3.05) is 40.8 Å². The highest BCUT2D eigenvalue weighted by Crippen LogP contribution is 1.92. The molecule has 0 fully saturated rings. The minimum Gasteiger partial charge on any atom is -0.356 e. The first kappa shape index (κ1) is 19.1. The summed E-state index contributed by atoms with van der Waals surface area (Å²) in [4.78, 5) is 10.7. The first-order valence-electron chi connectivity index (χ1n) is 6.71. The van der Waals surface area contributed by atoms with Gasteiger partial charge in [0.15, 0.2) is 5.96 Å². The van der Waals surface area contributed by atoms with Gasteiger partial charge in [0.2, 0.25) is 0 Å². The van der Waals surface area contributed by atoms with Crippen molar-refractivity contribution >= 4 is 29.9 Å². The van der Waals surface area contributed by atoms with Gasteiger partial charge in [0, 0.05) is 38.4 Å². The third-order valence-corrected chi connectivity index (χ3v) is 2.70. The molecule has 0 aliphatic rings. The monoisotopic (exact) mass is 391 g/mol. The van der Waals surface area contributed by atoms with Gasteiger partial charge in [-0.2, -0.15) is 0 Å². The number of halogens is 1.